The molecule has 0 atom stereocenters. The summed E-state index contributed by atoms with van der Waals surface area (Å²) in [5.74, 6) is 1.39. The van der Waals surface area contributed by atoms with Crippen LogP contribution in [0.5, 0.6) is 5.75 Å². The Balaban J connectivity index is 2.23. The molecule has 0 radical (unpaired) electrons. The third-order valence-corrected chi connectivity index (χ3v) is 7.24. The van der Waals surface area contributed by atoms with Crippen LogP contribution in [0.4, 0.5) is 5.69 Å². The minimum Gasteiger partial charge on any atom is -0.495 e. The van der Waals surface area contributed by atoms with E-state index in [4.69, 9.17) is 10.5 Å². The first kappa shape index (κ1) is 13.5. The van der Waals surface area contributed by atoms with Crippen molar-refractivity contribution in [3.63, 3.8) is 0 Å². The van der Waals surface area contributed by atoms with Crippen LogP contribution in [-0.4, -0.2) is 19.4 Å². The molecule has 1 aliphatic rings. The van der Waals surface area contributed by atoms with Crippen LogP contribution >= 0.6 is 7.14 Å². The predicted octanol–water partition coefficient (Wildman–Crippen LogP) is 3.09. The second-order valence-corrected chi connectivity index (χ2v) is 8.30. The molecular formula is C14H22NO2P. The minimum atomic E-state index is -2.21. The number of anilines is 1. The Bertz CT molecular complexity index is 461. The Hall–Kier alpha value is -0.950. The molecular weight excluding hydrogens is 245 g/mol. The zero-order valence-corrected chi connectivity index (χ0v) is 12.1. The SMILES string of the molecule is CCC1CCP(=O)(c2ccc(N)c(OC)c2)CC1. The first-order valence-electron chi connectivity index (χ1n) is 6.61. The molecule has 1 aliphatic heterocycles. The summed E-state index contributed by atoms with van der Waals surface area (Å²) < 4.78 is 18.2. The number of hydrogen-bond donors (Lipinski definition) is 1. The van der Waals surface area contributed by atoms with Gasteiger partial charge in [-0.05, 0) is 37.0 Å². The van der Waals surface area contributed by atoms with Crippen LogP contribution in [0, 0.1) is 5.92 Å². The monoisotopic (exact) mass is 267 g/mol. The summed E-state index contributed by atoms with van der Waals surface area (Å²) in [4.78, 5) is 0. The highest BCUT2D eigenvalue weighted by Gasteiger charge is 2.31. The Kier molecular flexibility index (Phi) is 4.01. The maximum absolute atomic E-state index is 13.0. The van der Waals surface area contributed by atoms with E-state index in [9.17, 15) is 4.57 Å². The van der Waals surface area contributed by atoms with Crippen LogP contribution in [0.2, 0.25) is 0 Å². The average Bonchev–Trinajstić information content (AvgIpc) is 2.40. The lowest BCUT2D eigenvalue weighted by Crippen LogP contribution is -2.20. The second kappa shape index (κ2) is 5.36. The van der Waals surface area contributed by atoms with E-state index in [1.54, 1.807) is 13.2 Å². The number of ether oxygens (including phenoxy) is 1. The molecule has 0 amide bonds. The van der Waals surface area contributed by atoms with E-state index in [1.807, 2.05) is 12.1 Å². The van der Waals surface area contributed by atoms with Gasteiger partial charge in [0, 0.05) is 17.6 Å². The Morgan fingerprint density at radius 3 is 2.61 bits per heavy atom. The molecule has 2 N–H and O–H groups in total. The molecule has 0 unspecified atom stereocenters. The third kappa shape index (κ3) is 2.56. The van der Waals surface area contributed by atoms with E-state index in [2.05, 4.69) is 6.92 Å². The third-order valence-electron chi connectivity index (χ3n) is 4.06. The zero-order valence-electron chi connectivity index (χ0n) is 11.2. The van der Waals surface area contributed by atoms with Gasteiger partial charge in [-0.15, -0.1) is 0 Å². The quantitative estimate of drug-likeness (QED) is 0.676. The van der Waals surface area contributed by atoms with Gasteiger partial charge in [-0.25, -0.2) is 0 Å². The molecule has 18 heavy (non-hydrogen) atoms. The lowest BCUT2D eigenvalue weighted by atomic mass is 10.0. The zero-order chi connectivity index (χ0) is 13.2. The molecule has 0 aromatic heterocycles. The van der Waals surface area contributed by atoms with Crippen LogP contribution in [0.1, 0.15) is 26.2 Å². The van der Waals surface area contributed by atoms with E-state index in [-0.39, 0.29) is 0 Å². The fourth-order valence-corrected chi connectivity index (χ4v) is 5.66. The summed E-state index contributed by atoms with van der Waals surface area (Å²) >= 11 is 0. The smallest absolute Gasteiger partial charge is 0.142 e. The number of methoxy groups -OCH3 is 1. The fourth-order valence-electron chi connectivity index (χ4n) is 2.66. The van der Waals surface area contributed by atoms with Crippen LogP contribution in [0.25, 0.3) is 0 Å². The van der Waals surface area contributed by atoms with E-state index in [1.165, 1.54) is 6.42 Å². The van der Waals surface area contributed by atoms with Crippen molar-refractivity contribution in [1.29, 1.82) is 0 Å². The van der Waals surface area contributed by atoms with Gasteiger partial charge in [-0.1, -0.05) is 13.3 Å². The van der Waals surface area contributed by atoms with Crippen LogP contribution in [-0.2, 0) is 4.57 Å². The molecule has 0 aliphatic carbocycles. The van der Waals surface area contributed by atoms with Gasteiger partial charge < -0.3 is 15.0 Å². The molecule has 1 aromatic carbocycles. The summed E-state index contributed by atoms with van der Waals surface area (Å²) in [6.07, 6.45) is 5.03. The number of rotatable bonds is 3. The van der Waals surface area contributed by atoms with Gasteiger partial charge in [0.25, 0.3) is 0 Å². The van der Waals surface area contributed by atoms with Crippen molar-refractivity contribution in [1.82, 2.24) is 0 Å². The highest BCUT2D eigenvalue weighted by Crippen LogP contribution is 2.51. The van der Waals surface area contributed by atoms with Gasteiger partial charge >= 0.3 is 0 Å². The summed E-state index contributed by atoms with van der Waals surface area (Å²) in [6, 6.07) is 5.58. The van der Waals surface area contributed by atoms with Gasteiger partial charge in [-0.3, -0.25) is 0 Å². The molecule has 1 fully saturated rings. The summed E-state index contributed by atoms with van der Waals surface area (Å²) in [5.41, 5.74) is 6.41. The molecule has 3 nitrogen and oxygen atoms in total. The minimum absolute atomic E-state index is 0.608. The van der Waals surface area contributed by atoms with E-state index >= 15 is 0 Å². The van der Waals surface area contributed by atoms with Crippen LogP contribution in [0.15, 0.2) is 18.2 Å². The highest BCUT2D eigenvalue weighted by molar-refractivity contribution is 7.71. The standard InChI is InChI=1S/C14H22NO2P/c1-3-11-6-8-18(16,9-7-11)12-4-5-13(15)14(10-12)17-2/h4-5,10-11H,3,6-9,15H2,1-2H3. The Morgan fingerprint density at radius 1 is 1.39 bits per heavy atom. The van der Waals surface area contributed by atoms with Gasteiger partial charge in [0.05, 0.1) is 12.8 Å². The second-order valence-electron chi connectivity index (χ2n) is 5.11. The molecule has 100 valence electrons. The van der Waals surface area contributed by atoms with Crippen molar-refractivity contribution in [2.45, 2.75) is 26.2 Å². The van der Waals surface area contributed by atoms with Gasteiger partial charge in [0.1, 0.15) is 12.9 Å². The molecule has 0 saturated carbocycles. The van der Waals surface area contributed by atoms with Crippen molar-refractivity contribution in [2.24, 2.45) is 5.92 Å². The molecule has 2 rings (SSSR count). The highest BCUT2D eigenvalue weighted by atomic mass is 31.2. The van der Waals surface area contributed by atoms with E-state index in [0.717, 1.165) is 36.4 Å². The molecule has 4 heteroatoms. The van der Waals surface area contributed by atoms with Crippen molar-refractivity contribution in [3.8, 4) is 5.75 Å². The Labute approximate surface area is 109 Å². The topological polar surface area (TPSA) is 52.3 Å². The van der Waals surface area contributed by atoms with Crippen molar-refractivity contribution < 1.29 is 9.30 Å². The normalized spacial score (nSPS) is 28.0. The molecule has 1 saturated heterocycles. The molecule has 0 bridgehead atoms. The first-order chi connectivity index (χ1) is 8.59. The van der Waals surface area contributed by atoms with Crippen molar-refractivity contribution >= 4 is 18.1 Å². The van der Waals surface area contributed by atoms with E-state index in [0.29, 0.717) is 11.4 Å². The number of nitrogen functional groups attached to an aromatic ring is 1. The number of hydrogen-bond acceptors (Lipinski definition) is 3. The fraction of sp³-hybridized carbons (Fsp3) is 0.571. The Morgan fingerprint density at radius 2 is 2.06 bits per heavy atom. The van der Waals surface area contributed by atoms with Gasteiger partial charge in [-0.2, -0.15) is 0 Å². The molecule has 1 aromatic rings. The average molecular weight is 267 g/mol. The van der Waals surface area contributed by atoms with Gasteiger partial charge in [0.15, 0.2) is 0 Å². The van der Waals surface area contributed by atoms with Crippen molar-refractivity contribution in [2.75, 3.05) is 25.2 Å². The summed E-state index contributed by atoms with van der Waals surface area (Å²) in [7, 11) is -0.615. The first-order valence-corrected chi connectivity index (χ1v) is 8.69. The maximum atomic E-state index is 13.0. The largest absolute Gasteiger partial charge is 0.495 e. The molecule has 1 heterocycles. The lowest BCUT2D eigenvalue weighted by Gasteiger charge is -2.28. The van der Waals surface area contributed by atoms with Crippen LogP contribution < -0.4 is 15.8 Å². The number of nitrogens with two attached hydrogens (primary N) is 1. The van der Waals surface area contributed by atoms with Crippen molar-refractivity contribution in [3.05, 3.63) is 18.2 Å². The summed E-state index contributed by atoms with van der Waals surface area (Å²) in [6.45, 7) is 2.22. The lowest BCUT2D eigenvalue weighted by molar-refractivity contribution is 0.417. The van der Waals surface area contributed by atoms with Crippen LogP contribution in [0.3, 0.4) is 0 Å². The van der Waals surface area contributed by atoms with E-state index < -0.39 is 7.14 Å². The summed E-state index contributed by atoms with van der Waals surface area (Å²) in [5, 5.41) is 0.933. The molecule has 0 spiro atoms. The predicted molar refractivity (Wildman–Crippen MR) is 77.4 cm³/mol. The van der Waals surface area contributed by atoms with Gasteiger partial charge in [0.2, 0.25) is 0 Å². The number of benzene rings is 1. The maximum Gasteiger partial charge on any atom is 0.142 e.